The smallest absolute Gasteiger partial charge is 0.662 e. The zero-order valence-corrected chi connectivity index (χ0v) is 44.7. The Labute approximate surface area is 426 Å². The first kappa shape index (κ1) is 50.4. The standard InChI is InChI=1S/C59H76O7.U/c1-4-5-9-39-60-50-25-19-48(20-26-50)59(49-14-13-15-53(43-49)66-56-18-8-12-42-63-56)37-33-45(34-38-59)57(2,3)44-31-35-58(36-32-44,46-21-27-51(28-22-46)64-54-16-6-10-40-61-54)47-23-29-52(30-24-47)65-55-17-7-11-41-62-55;/h13-15,19-30,39,43-45,54-56H,1,4-12,16-18,31-38,40-42H2,2-3H3;/q-2;+2. The molecule has 4 aromatic rings. The number of unbranched alkanes of at least 4 members (excludes halogenated alkanes) is 2. The van der Waals surface area contributed by atoms with Crippen molar-refractivity contribution in [3.63, 3.8) is 0 Å². The first-order valence-electron chi connectivity index (χ1n) is 25.9. The molecule has 0 N–H and O–H groups in total. The van der Waals surface area contributed by atoms with Gasteiger partial charge < -0.3 is 40.1 Å². The first-order valence-corrected chi connectivity index (χ1v) is 25.9. The van der Waals surface area contributed by atoms with Crippen molar-refractivity contribution in [1.29, 1.82) is 0 Å². The molecule has 358 valence electrons. The van der Waals surface area contributed by atoms with E-state index in [-0.39, 0.29) is 66.2 Å². The van der Waals surface area contributed by atoms with Gasteiger partial charge in [0.1, 0.15) is 17.2 Å². The van der Waals surface area contributed by atoms with Crippen molar-refractivity contribution in [2.45, 2.75) is 172 Å². The van der Waals surface area contributed by atoms with E-state index in [2.05, 4.69) is 118 Å². The molecule has 5 fully saturated rings. The first-order chi connectivity index (χ1) is 32.3. The Kier molecular flexibility index (Phi) is 17.9. The Morgan fingerprint density at radius 1 is 0.522 bits per heavy atom. The van der Waals surface area contributed by atoms with Crippen LogP contribution in [0.15, 0.2) is 97.1 Å². The molecule has 8 heteroatoms. The second-order valence-corrected chi connectivity index (χ2v) is 20.7. The van der Waals surface area contributed by atoms with Gasteiger partial charge in [0.15, 0.2) is 18.9 Å². The van der Waals surface area contributed by atoms with E-state index < -0.39 is 0 Å². The second-order valence-electron chi connectivity index (χ2n) is 20.7. The van der Waals surface area contributed by atoms with Crippen molar-refractivity contribution in [1.82, 2.24) is 0 Å². The van der Waals surface area contributed by atoms with Crippen LogP contribution in [0.1, 0.15) is 165 Å². The van der Waals surface area contributed by atoms with Crippen LogP contribution in [0.25, 0.3) is 0 Å². The van der Waals surface area contributed by atoms with Gasteiger partial charge in [0.05, 0.1) is 25.6 Å². The Morgan fingerprint density at radius 2 is 0.940 bits per heavy atom. The summed E-state index contributed by atoms with van der Waals surface area (Å²) in [6.45, 7) is 13.4. The molecule has 2 aliphatic carbocycles. The number of ether oxygens (including phenoxy) is 7. The van der Waals surface area contributed by atoms with Crippen LogP contribution in [0, 0.1) is 61.9 Å². The monoisotopic (exact) mass is 1130 g/mol. The molecule has 7 nitrogen and oxygen atoms in total. The molecule has 3 aliphatic heterocycles. The summed E-state index contributed by atoms with van der Waals surface area (Å²) in [5.74, 6) is 4.84. The second kappa shape index (κ2) is 23.7. The van der Waals surface area contributed by atoms with Crippen LogP contribution < -0.4 is 18.9 Å². The van der Waals surface area contributed by atoms with Crippen molar-refractivity contribution in [2.75, 3.05) is 19.8 Å². The Hall–Kier alpha value is -2.99. The molecule has 0 aromatic heterocycles. The quantitative estimate of drug-likeness (QED) is 0.0771. The van der Waals surface area contributed by atoms with Gasteiger partial charge >= 0.3 is 31.1 Å². The van der Waals surface area contributed by atoms with Gasteiger partial charge in [0.25, 0.3) is 0 Å². The fourth-order valence-electron chi connectivity index (χ4n) is 12.2. The van der Waals surface area contributed by atoms with Gasteiger partial charge in [0.2, 0.25) is 0 Å². The maximum atomic E-state index is 6.49. The van der Waals surface area contributed by atoms with Gasteiger partial charge in [-0.3, -0.25) is 0 Å². The van der Waals surface area contributed by atoms with Gasteiger partial charge in [-0.05, 0) is 178 Å². The summed E-state index contributed by atoms with van der Waals surface area (Å²) in [6, 6.07) is 35.9. The third kappa shape index (κ3) is 12.1. The van der Waals surface area contributed by atoms with E-state index >= 15 is 0 Å². The molecule has 0 bridgehead atoms. The fraction of sp³-hybridized carbons (Fsp3) is 0.559. The molecule has 3 saturated heterocycles. The minimum atomic E-state index is -0.170. The summed E-state index contributed by atoms with van der Waals surface area (Å²) in [4.78, 5) is 0. The van der Waals surface area contributed by atoms with Crippen molar-refractivity contribution < 1.29 is 64.3 Å². The molecule has 67 heavy (non-hydrogen) atoms. The van der Waals surface area contributed by atoms with Gasteiger partial charge in [-0.15, -0.1) is 12.8 Å². The van der Waals surface area contributed by atoms with Crippen molar-refractivity contribution >= 4 is 0 Å². The molecule has 0 radical (unpaired) electrons. The molecule has 0 spiro atoms. The third-order valence-electron chi connectivity index (χ3n) is 16.4. The van der Waals surface area contributed by atoms with Crippen LogP contribution in [0.2, 0.25) is 0 Å². The molecule has 5 aliphatic rings. The van der Waals surface area contributed by atoms with Gasteiger partial charge in [-0.1, -0.05) is 62.4 Å². The fourth-order valence-corrected chi connectivity index (χ4v) is 12.2. The van der Waals surface area contributed by atoms with Crippen molar-refractivity contribution in [3.05, 3.63) is 133 Å². The number of rotatable bonds is 17. The van der Waals surface area contributed by atoms with Gasteiger partial charge in [0, 0.05) is 30.1 Å². The van der Waals surface area contributed by atoms with Crippen LogP contribution in [0.4, 0.5) is 0 Å². The topological polar surface area (TPSA) is 64.6 Å². The zero-order valence-electron chi connectivity index (χ0n) is 40.5. The summed E-state index contributed by atoms with van der Waals surface area (Å²) in [7, 11) is 0. The van der Waals surface area contributed by atoms with E-state index in [1.54, 1.807) is 0 Å². The van der Waals surface area contributed by atoms with E-state index in [9.17, 15) is 0 Å². The molecular formula is C59H76O7U. The summed E-state index contributed by atoms with van der Waals surface area (Å²) in [5, 5.41) is 0. The predicted octanol–water partition coefficient (Wildman–Crippen LogP) is 14.6. The van der Waals surface area contributed by atoms with Crippen LogP contribution >= 0.6 is 0 Å². The molecular weight excluding hydrogens is 1060 g/mol. The van der Waals surface area contributed by atoms with Crippen molar-refractivity contribution in [2.24, 2.45) is 17.3 Å². The van der Waals surface area contributed by atoms with Crippen molar-refractivity contribution in [3.8, 4) is 23.0 Å². The minimum Gasteiger partial charge on any atom is -0.662 e. The van der Waals surface area contributed by atoms with Crippen LogP contribution in [0.5, 0.6) is 23.0 Å². The third-order valence-corrected chi connectivity index (χ3v) is 16.4. The van der Waals surface area contributed by atoms with E-state index in [4.69, 9.17) is 33.2 Å². The van der Waals surface area contributed by atoms with Crippen LogP contribution in [-0.2, 0) is 25.0 Å². The minimum absolute atomic E-state index is 0. The summed E-state index contributed by atoms with van der Waals surface area (Å²) >= 11 is 0. The van der Waals surface area contributed by atoms with E-state index in [1.165, 1.54) is 47.9 Å². The maximum absolute atomic E-state index is 6.49. The molecule has 4 aromatic carbocycles. The number of benzene rings is 4. The molecule has 9 rings (SSSR count). The largest absolute Gasteiger partial charge is 2.00 e. The summed E-state index contributed by atoms with van der Waals surface area (Å²) in [5.41, 5.74) is 5.43. The van der Waals surface area contributed by atoms with E-state index in [0.29, 0.717) is 11.8 Å². The van der Waals surface area contributed by atoms with E-state index in [1.807, 2.05) is 6.61 Å². The zero-order chi connectivity index (χ0) is 45.2. The molecule has 3 heterocycles. The molecule has 0 amide bonds. The Bertz CT molecular complexity index is 2000. The number of hydrogen-bond donors (Lipinski definition) is 0. The molecule has 3 atom stereocenters. The van der Waals surface area contributed by atoms with Gasteiger partial charge in [-0.25, -0.2) is 0 Å². The SMILES string of the molecule is [CH2-]CCC[CH-]Oc1ccc(C2(c3cccc(OC4CCCCO4)c3)CCC(C(C)(C)C3CCC(c4ccc(OC5CCCCO5)cc4)(c4ccc(OC5CCCCO5)cc4)CC3)CC2)cc1.[U+2]. The predicted molar refractivity (Wildman–Crippen MR) is 262 cm³/mol. The number of hydrogen-bond acceptors (Lipinski definition) is 7. The Balaban J connectivity index is 0.00000608. The van der Waals surface area contributed by atoms with Crippen LogP contribution in [-0.4, -0.2) is 38.7 Å². The molecule has 3 unspecified atom stereocenters. The molecule has 2 saturated carbocycles. The summed E-state index contributed by atoms with van der Waals surface area (Å²) < 4.78 is 43.0. The normalized spacial score (nSPS) is 28.1. The summed E-state index contributed by atoms with van der Waals surface area (Å²) in [6.07, 6.45) is 21.1. The van der Waals surface area contributed by atoms with Crippen LogP contribution in [0.3, 0.4) is 0 Å². The Morgan fingerprint density at radius 3 is 1.36 bits per heavy atom. The van der Waals surface area contributed by atoms with Gasteiger partial charge in [-0.2, -0.15) is 13.0 Å². The maximum Gasteiger partial charge on any atom is 2.00 e. The average Bonchev–Trinajstić information content (AvgIpc) is 3.37. The van der Waals surface area contributed by atoms with E-state index in [0.717, 1.165) is 146 Å². The average molecular weight is 1140 g/mol.